The number of nitrogens with two attached hydrogens (primary N) is 1. The minimum absolute atomic E-state index is 0.0993. The first-order valence-corrected chi connectivity index (χ1v) is 8.79. The molecule has 7 nitrogen and oxygen atoms in total. The summed E-state index contributed by atoms with van der Waals surface area (Å²) in [6.07, 6.45) is 6.15. The summed E-state index contributed by atoms with van der Waals surface area (Å²) in [5.74, 6) is -0.245. The van der Waals surface area contributed by atoms with Crippen LogP contribution in [0.1, 0.15) is 60.6 Å². The summed E-state index contributed by atoms with van der Waals surface area (Å²) in [5, 5.41) is 11.7. The fraction of sp³-hybridized carbons (Fsp3) is 0.692. The molecule has 3 N–H and O–H groups in total. The molecular formula is C13H19N3O4S. The zero-order valence-corrected chi connectivity index (χ0v) is 12.5. The second-order valence-corrected chi connectivity index (χ2v) is 7.38. The minimum Gasteiger partial charge on any atom is -0.461 e. The van der Waals surface area contributed by atoms with Crippen LogP contribution in [0.3, 0.4) is 0 Å². The van der Waals surface area contributed by atoms with Crippen LogP contribution in [0.5, 0.6) is 0 Å². The largest absolute Gasteiger partial charge is 0.461 e. The predicted octanol–water partition coefficient (Wildman–Crippen LogP) is 1.28. The fourth-order valence-electron chi connectivity index (χ4n) is 2.86. The van der Waals surface area contributed by atoms with Crippen molar-refractivity contribution in [3.63, 3.8) is 0 Å². The Kier molecular flexibility index (Phi) is 3.75. The minimum atomic E-state index is -4.00. The number of hydrogen-bond acceptors (Lipinski definition) is 5. The van der Waals surface area contributed by atoms with E-state index in [0.29, 0.717) is 18.2 Å². The number of nitrogens with one attached hydrogen (secondary N) is 1. The van der Waals surface area contributed by atoms with Crippen molar-refractivity contribution in [3.05, 3.63) is 11.4 Å². The molecule has 0 spiro atoms. The Hall–Kier alpha value is -1.41. The summed E-state index contributed by atoms with van der Waals surface area (Å²) in [6.45, 7) is 0.314. The van der Waals surface area contributed by atoms with E-state index in [1.807, 2.05) is 0 Å². The molecule has 0 bridgehead atoms. The van der Waals surface area contributed by atoms with Crippen molar-refractivity contribution in [2.75, 3.05) is 6.61 Å². The highest BCUT2D eigenvalue weighted by Gasteiger charge is 2.36. The standard InChI is InChI=1S/C13H19N3O4S/c14-21(18,19)12-10(9-5-6-9)15-16-11(12)13(17)20-7-8-3-1-2-4-8/h8-9H,1-7H2,(H,15,16)(H2,14,18,19). The van der Waals surface area contributed by atoms with Crippen LogP contribution in [-0.4, -0.2) is 31.2 Å². The average molecular weight is 313 g/mol. The first kappa shape index (κ1) is 14.5. The zero-order valence-electron chi connectivity index (χ0n) is 11.7. The average Bonchev–Trinajstić information content (AvgIpc) is 2.96. The number of primary sulfonamides is 1. The molecule has 1 aromatic rings. The van der Waals surface area contributed by atoms with Crippen molar-refractivity contribution in [1.29, 1.82) is 0 Å². The molecule has 116 valence electrons. The van der Waals surface area contributed by atoms with Gasteiger partial charge in [-0.15, -0.1) is 0 Å². The van der Waals surface area contributed by atoms with Gasteiger partial charge in [-0.1, -0.05) is 12.8 Å². The van der Waals surface area contributed by atoms with Gasteiger partial charge < -0.3 is 4.74 Å². The number of rotatable bonds is 5. The molecule has 2 saturated carbocycles. The van der Waals surface area contributed by atoms with Gasteiger partial charge in [-0.25, -0.2) is 18.4 Å². The van der Waals surface area contributed by atoms with Crippen LogP contribution in [0.15, 0.2) is 4.90 Å². The van der Waals surface area contributed by atoms with Crippen LogP contribution >= 0.6 is 0 Å². The summed E-state index contributed by atoms with van der Waals surface area (Å²) >= 11 is 0. The number of aromatic nitrogens is 2. The quantitative estimate of drug-likeness (QED) is 0.795. The number of carbonyl (C=O) groups is 1. The van der Waals surface area contributed by atoms with Crippen LogP contribution in [0.25, 0.3) is 0 Å². The van der Waals surface area contributed by atoms with E-state index in [1.54, 1.807) is 0 Å². The maximum Gasteiger partial charge on any atom is 0.360 e. The number of ether oxygens (including phenoxy) is 1. The van der Waals surface area contributed by atoms with Crippen molar-refractivity contribution in [1.82, 2.24) is 10.2 Å². The Bertz CT molecular complexity index is 642. The summed E-state index contributed by atoms with van der Waals surface area (Å²) in [7, 11) is -4.00. The van der Waals surface area contributed by atoms with Gasteiger partial charge in [0, 0.05) is 5.92 Å². The number of sulfonamides is 1. The molecule has 2 aliphatic carbocycles. The van der Waals surface area contributed by atoms with Gasteiger partial charge in [-0.3, -0.25) is 5.10 Å². The molecule has 3 rings (SSSR count). The molecule has 8 heteroatoms. The van der Waals surface area contributed by atoms with Crippen LogP contribution in [-0.2, 0) is 14.8 Å². The lowest BCUT2D eigenvalue weighted by molar-refractivity contribution is 0.0431. The van der Waals surface area contributed by atoms with Gasteiger partial charge in [0.2, 0.25) is 10.0 Å². The van der Waals surface area contributed by atoms with E-state index in [4.69, 9.17) is 9.88 Å². The Labute approximate surface area is 123 Å². The third-order valence-electron chi connectivity index (χ3n) is 4.14. The Morgan fingerprint density at radius 2 is 1.95 bits per heavy atom. The Morgan fingerprint density at radius 3 is 2.52 bits per heavy atom. The second kappa shape index (κ2) is 5.42. The van der Waals surface area contributed by atoms with Crippen LogP contribution in [0.4, 0.5) is 0 Å². The molecule has 1 aromatic heterocycles. The molecule has 0 saturated heterocycles. The smallest absolute Gasteiger partial charge is 0.360 e. The molecule has 2 aliphatic rings. The number of carbonyl (C=O) groups excluding carboxylic acids is 1. The lowest BCUT2D eigenvalue weighted by Gasteiger charge is -2.09. The van der Waals surface area contributed by atoms with E-state index in [2.05, 4.69) is 10.2 Å². The van der Waals surface area contributed by atoms with Gasteiger partial charge in [-0.2, -0.15) is 5.10 Å². The van der Waals surface area contributed by atoms with Crippen molar-refractivity contribution < 1.29 is 17.9 Å². The van der Waals surface area contributed by atoms with E-state index < -0.39 is 16.0 Å². The van der Waals surface area contributed by atoms with Crippen molar-refractivity contribution in [3.8, 4) is 0 Å². The SMILES string of the molecule is NS(=O)(=O)c1c(C(=O)OCC2CCCC2)n[nH]c1C1CC1. The lowest BCUT2D eigenvalue weighted by Crippen LogP contribution is -2.19. The zero-order chi connectivity index (χ0) is 15.0. The third-order valence-corrected chi connectivity index (χ3v) is 5.12. The lowest BCUT2D eigenvalue weighted by atomic mass is 10.1. The monoisotopic (exact) mass is 313 g/mol. The maximum atomic E-state index is 12.1. The Balaban J connectivity index is 1.79. The van der Waals surface area contributed by atoms with Crippen LogP contribution in [0, 0.1) is 5.92 Å². The summed E-state index contributed by atoms with van der Waals surface area (Å²) in [5.41, 5.74) is 0.225. The van der Waals surface area contributed by atoms with Gasteiger partial charge >= 0.3 is 5.97 Å². The normalized spacial score (nSPS) is 19.9. The first-order valence-electron chi connectivity index (χ1n) is 7.25. The fourth-order valence-corrected chi connectivity index (χ4v) is 3.78. The van der Waals surface area contributed by atoms with E-state index >= 15 is 0 Å². The molecule has 0 radical (unpaired) electrons. The molecule has 1 heterocycles. The number of esters is 1. The molecule has 0 aliphatic heterocycles. The summed E-state index contributed by atoms with van der Waals surface area (Å²) < 4.78 is 28.7. The van der Waals surface area contributed by atoms with Gasteiger partial charge in [0.05, 0.1) is 12.3 Å². The Morgan fingerprint density at radius 1 is 1.29 bits per heavy atom. The van der Waals surface area contributed by atoms with Gasteiger partial charge in [0.15, 0.2) is 5.69 Å². The molecule has 0 unspecified atom stereocenters. The summed E-state index contributed by atoms with van der Waals surface area (Å²) in [4.78, 5) is 11.9. The first-order chi connectivity index (χ1) is 9.97. The van der Waals surface area contributed by atoms with E-state index in [9.17, 15) is 13.2 Å². The van der Waals surface area contributed by atoms with E-state index in [1.165, 1.54) is 0 Å². The molecule has 2 fully saturated rings. The van der Waals surface area contributed by atoms with Crippen molar-refractivity contribution in [2.45, 2.75) is 49.3 Å². The molecule has 21 heavy (non-hydrogen) atoms. The highest BCUT2D eigenvalue weighted by molar-refractivity contribution is 7.89. The van der Waals surface area contributed by atoms with Gasteiger partial charge in [0.1, 0.15) is 4.90 Å². The molecule has 0 amide bonds. The topological polar surface area (TPSA) is 115 Å². The number of nitrogens with zero attached hydrogens (tertiary/aromatic N) is 1. The van der Waals surface area contributed by atoms with Gasteiger partial charge in [-0.05, 0) is 31.6 Å². The summed E-state index contributed by atoms with van der Waals surface area (Å²) in [6, 6.07) is 0. The van der Waals surface area contributed by atoms with E-state index in [0.717, 1.165) is 38.5 Å². The van der Waals surface area contributed by atoms with Crippen molar-refractivity contribution in [2.24, 2.45) is 11.1 Å². The molecule has 0 aromatic carbocycles. The van der Waals surface area contributed by atoms with Crippen LogP contribution < -0.4 is 5.14 Å². The molecule has 0 atom stereocenters. The number of aromatic amines is 1. The van der Waals surface area contributed by atoms with Gasteiger partial charge in [0.25, 0.3) is 0 Å². The highest BCUT2D eigenvalue weighted by atomic mass is 32.2. The third kappa shape index (κ3) is 3.11. The maximum absolute atomic E-state index is 12.1. The van der Waals surface area contributed by atoms with Crippen molar-refractivity contribution >= 4 is 16.0 Å². The van der Waals surface area contributed by atoms with E-state index in [-0.39, 0.29) is 16.5 Å². The number of hydrogen-bond donors (Lipinski definition) is 2. The second-order valence-electron chi connectivity index (χ2n) is 5.88. The number of H-pyrrole nitrogens is 1. The molecular weight excluding hydrogens is 294 g/mol. The highest BCUT2D eigenvalue weighted by Crippen LogP contribution is 2.42. The van der Waals surface area contributed by atoms with Crippen LogP contribution in [0.2, 0.25) is 0 Å². The predicted molar refractivity (Wildman–Crippen MR) is 74.2 cm³/mol.